The van der Waals surface area contributed by atoms with Crippen LogP contribution in [0.1, 0.15) is 82.6 Å². The van der Waals surface area contributed by atoms with Crippen molar-refractivity contribution >= 4 is 29.4 Å². The van der Waals surface area contributed by atoms with Crippen LogP contribution < -0.4 is 5.32 Å². The quantitative estimate of drug-likeness (QED) is 0.562. The topological polar surface area (TPSA) is 69.7 Å². The minimum Gasteiger partial charge on any atom is -0.331 e. The maximum absolute atomic E-state index is 14.0. The molecule has 1 heterocycles. The van der Waals surface area contributed by atoms with Crippen molar-refractivity contribution in [2.75, 3.05) is 6.54 Å². The van der Waals surface area contributed by atoms with Crippen LogP contribution in [0.2, 0.25) is 5.02 Å². The van der Waals surface area contributed by atoms with E-state index in [0.29, 0.717) is 42.2 Å². The smallest absolute Gasteiger partial charge is 0.325 e. The zero-order valence-electron chi connectivity index (χ0n) is 20.4. The number of nitrogens with one attached hydrogen (secondary N) is 1. The fourth-order valence-electron chi connectivity index (χ4n) is 8.40. The fourth-order valence-corrected chi connectivity index (χ4v) is 8.53. The van der Waals surface area contributed by atoms with Crippen LogP contribution in [0, 0.1) is 17.8 Å². The molecule has 0 atom stereocenters. The van der Waals surface area contributed by atoms with E-state index >= 15 is 0 Å². The largest absolute Gasteiger partial charge is 0.331 e. The Balaban J connectivity index is 1.27. The SMILES string of the molecule is O=C1NC2(CCCCCC2)C(=O)N1CC(=O)N(Cc1ccc(Cl)cc1)C12CC3CC(CC(C3)C1)C2. The number of urea groups is 1. The highest BCUT2D eigenvalue weighted by atomic mass is 35.5. The molecule has 5 aliphatic carbocycles. The lowest BCUT2D eigenvalue weighted by molar-refractivity contribution is -0.155. The lowest BCUT2D eigenvalue weighted by Gasteiger charge is -2.60. The van der Waals surface area contributed by atoms with Crippen molar-refractivity contribution in [3.63, 3.8) is 0 Å². The van der Waals surface area contributed by atoms with Gasteiger partial charge >= 0.3 is 6.03 Å². The molecule has 4 amide bonds. The molecule has 6 nitrogen and oxygen atoms in total. The number of amides is 4. The molecule has 1 aliphatic heterocycles. The summed E-state index contributed by atoms with van der Waals surface area (Å²) in [7, 11) is 0. The van der Waals surface area contributed by atoms with Crippen molar-refractivity contribution in [1.82, 2.24) is 15.1 Å². The third-order valence-corrected chi connectivity index (χ3v) is 9.88. The molecule has 1 saturated heterocycles. The lowest BCUT2D eigenvalue weighted by Crippen LogP contribution is -2.62. The first kappa shape index (κ1) is 23.3. The molecule has 35 heavy (non-hydrogen) atoms. The summed E-state index contributed by atoms with van der Waals surface area (Å²) in [6, 6.07) is 7.30. The van der Waals surface area contributed by atoms with Crippen molar-refractivity contribution in [3.8, 4) is 0 Å². The van der Waals surface area contributed by atoms with Crippen LogP contribution in [-0.2, 0) is 16.1 Å². The van der Waals surface area contributed by atoms with Gasteiger partial charge in [-0.2, -0.15) is 0 Å². The van der Waals surface area contributed by atoms with E-state index in [4.69, 9.17) is 11.6 Å². The Labute approximate surface area is 212 Å². The summed E-state index contributed by atoms with van der Waals surface area (Å²) in [5, 5.41) is 3.67. The van der Waals surface area contributed by atoms with Crippen LogP contribution in [0.25, 0.3) is 0 Å². The number of nitrogens with zero attached hydrogens (tertiary/aromatic N) is 2. The summed E-state index contributed by atoms with van der Waals surface area (Å²) in [6.45, 7) is 0.332. The predicted molar refractivity (Wildman–Crippen MR) is 134 cm³/mol. The normalized spacial score (nSPS) is 33.2. The summed E-state index contributed by atoms with van der Waals surface area (Å²) in [6.07, 6.45) is 12.4. The number of halogens is 1. The zero-order chi connectivity index (χ0) is 24.2. The van der Waals surface area contributed by atoms with Gasteiger partial charge in [0.05, 0.1) is 0 Å². The summed E-state index contributed by atoms with van der Waals surface area (Å²) in [5.74, 6) is 1.76. The van der Waals surface area contributed by atoms with Gasteiger partial charge in [0, 0.05) is 17.1 Å². The zero-order valence-corrected chi connectivity index (χ0v) is 21.2. The van der Waals surface area contributed by atoms with Gasteiger partial charge in [-0.15, -0.1) is 0 Å². The lowest BCUT2D eigenvalue weighted by atomic mass is 9.52. The number of benzene rings is 1. The Kier molecular flexibility index (Phi) is 5.86. The summed E-state index contributed by atoms with van der Waals surface area (Å²) in [4.78, 5) is 43.8. The highest BCUT2D eigenvalue weighted by Crippen LogP contribution is 2.58. The summed E-state index contributed by atoms with van der Waals surface area (Å²) in [5.41, 5.74) is 0.0660. The van der Waals surface area contributed by atoms with E-state index in [0.717, 1.165) is 50.5 Å². The average molecular weight is 498 g/mol. The van der Waals surface area contributed by atoms with E-state index in [1.807, 2.05) is 24.3 Å². The Hall–Kier alpha value is -2.08. The first-order valence-electron chi connectivity index (χ1n) is 13.5. The Morgan fingerprint density at radius 2 is 1.51 bits per heavy atom. The maximum atomic E-state index is 14.0. The van der Waals surface area contributed by atoms with Crippen molar-refractivity contribution in [2.45, 2.75) is 94.7 Å². The number of hydrogen-bond donors (Lipinski definition) is 1. The van der Waals surface area contributed by atoms with Crippen LogP contribution in [0.4, 0.5) is 4.79 Å². The molecule has 4 bridgehead atoms. The van der Waals surface area contributed by atoms with Crippen LogP contribution in [0.5, 0.6) is 0 Å². The van der Waals surface area contributed by atoms with E-state index in [1.165, 1.54) is 24.2 Å². The monoisotopic (exact) mass is 497 g/mol. The van der Waals surface area contributed by atoms with Crippen molar-refractivity contribution in [2.24, 2.45) is 17.8 Å². The standard InChI is InChI=1S/C28H36ClN3O3/c29-23-7-5-19(6-8-23)17-32(27-14-20-11-21(15-27)13-22(12-20)16-27)24(33)18-31-25(34)28(30-26(31)35)9-3-1-2-4-10-28/h5-8,20-22H,1-4,9-18H2,(H,30,35). The van der Waals surface area contributed by atoms with Gasteiger partial charge in [-0.1, -0.05) is 49.4 Å². The fraction of sp³-hybridized carbons (Fsp3) is 0.679. The van der Waals surface area contributed by atoms with E-state index in [9.17, 15) is 14.4 Å². The molecule has 0 unspecified atom stereocenters. The second-order valence-electron chi connectivity index (χ2n) is 12.1. The third-order valence-electron chi connectivity index (χ3n) is 9.63. The van der Waals surface area contributed by atoms with E-state index in [2.05, 4.69) is 10.2 Å². The van der Waals surface area contributed by atoms with E-state index < -0.39 is 11.6 Å². The molecule has 0 radical (unpaired) electrons. The van der Waals surface area contributed by atoms with Crippen LogP contribution in [0.15, 0.2) is 24.3 Å². The van der Waals surface area contributed by atoms with E-state index in [1.54, 1.807) is 0 Å². The number of rotatable bonds is 5. The van der Waals surface area contributed by atoms with E-state index in [-0.39, 0.29) is 23.9 Å². The highest BCUT2D eigenvalue weighted by Gasteiger charge is 2.56. The van der Waals surface area contributed by atoms with Gasteiger partial charge in [0.2, 0.25) is 5.91 Å². The molecular weight excluding hydrogens is 462 g/mol. The second kappa shape index (κ2) is 8.79. The highest BCUT2D eigenvalue weighted by molar-refractivity contribution is 6.30. The summed E-state index contributed by atoms with van der Waals surface area (Å²) >= 11 is 6.13. The van der Waals surface area contributed by atoms with Crippen molar-refractivity contribution in [3.05, 3.63) is 34.9 Å². The first-order valence-corrected chi connectivity index (χ1v) is 13.9. The minimum absolute atomic E-state index is 0.101. The molecule has 188 valence electrons. The molecular formula is C28H36ClN3O3. The predicted octanol–water partition coefficient (Wildman–Crippen LogP) is 5.28. The third kappa shape index (κ3) is 4.16. The molecule has 7 rings (SSSR count). The van der Waals surface area contributed by atoms with Crippen LogP contribution in [-0.4, -0.2) is 45.3 Å². The number of imide groups is 1. The molecule has 1 aromatic carbocycles. The van der Waals surface area contributed by atoms with Gasteiger partial charge in [-0.05, 0) is 86.8 Å². The Morgan fingerprint density at radius 1 is 0.943 bits per heavy atom. The number of carbonyl (C=O) groups is 3. The molecule has 6 fully saturated rings. The van der Waals surface area contributed by atoms with Gasteiger partial charge in [0.1, 0.15) is 12.1 Å². The first-order chi connectivity index (χ1) is 16.9. The van der Waals surface area contributed by atoms with Crippen molar-refractivity contribution < 1.29 is 14.4 Å². The molecule has 6 aliphatic rings. The molecule has 5 saturated carbocycles. The maximum Gasteiger partial charge on any atom is 0.325 e. The average Bonchev–Trinajstić information content (AvgIpc) is 2.96. The van der Waals surface area contributed by atoms with Gasteiger partial charge in [0.15, 0.2) is 0 Å². The minimum atomic E-state index is -0.810. The Bertz CT molecular complexity index is 979. The van der Waals surface area contributed by atoms with Gasteiger partial charge in [-0.3, -0.25) is 14.5 Å². The molecule has 7 heteroatoms. The van der Waals surface area contributed by atoms with Crippen LogP contribution >= 0.6 is 11.6 Å². The van der Waals surface area contributed by atoms with Crippen molar-refractivity contribution in [1.29, 1.82) is 0 Å². The number of carbonyl (C=O) groups excluding carboxylic acids is 3. The van der Waals surface area contributed by atoms with Crippen LogP contribution in [0.3, 0.4) is 0 Å². The van der Waals surface area contributed by atoms with Gasteiger partial charge in [0.25, 0.3) is 5.91 Å². The van der Waals surface area contributed by atoms with Gasteiger partial charge < -0.3 is 10.2 Å². The molecule has 1 aromatic rings. The molecule has 1 spiro atoms. The second-order valence-corrected chi connectivity index (χ2v) is 12.5. The van der Waals surface area contributed by atoms with Gasteiger partial charge in [-0.25, -0.2) is 4.79 Å². The number of hydrogen-bond acceptors (Lipinski definition) is 3. The molecule has 1 N–H and O–H groups in total. The summed E-state index contributed by atoms with van der Waals surface area (Å²) < 4.78 is 0. The Morgan fingerprint density at radius 3 is 2.09 bits per heavy atom. The molecule has 0 aromatic heterocycles.